The molecule has 0 saturated carbocycles. The summed E-state index contributed by atoms with van der Waals surface area (Å²) in [6.45, 7) is 5.90. The minimum absolute atomic E-state index is 0.203. The molecule has 0 aliphatic carbocycles. The molecular weight excluding hydrogens is 404 g/mol. The largest absolute Gasteiger partial charge is 0.317 e. The molecule has 5 nitrogen and oxygen atoms in total. The number of benzene rings is 2. The van der Waals surface area contributed by atoms with E-state index in [4.69, 9.17) is 11.6 Å². The van der Waals surface area contributed by atoms with E-state index >= 15 is 0 Å². The highest BCUT2D eigenvalue weighted by molar-refractivity contribution is 7.92. The molecule has 0 saturated heterocycles. The average molecular weight is 423 g/mol. The molecule has 8 heteroatoms. The molecule has 0 spiro atoms. The van der Waals surface area contributed by atoms with Crippen LogP contribution in [0.4, 0.5) is 0 Å². The maximum atomic E-state index is 12.6. The van der Waals surface area contributed by atoms with Crippen molar-refractivity contribution < 1.29 is 13.2 Å². The molecule has 1 aromatic heterocycles. The molecule has 3 rings (SSSR count). The lowest BCUT2D eigenvalue weighted by atomic mass is 10.2. The molecule has 27 heavy (non-hydrogen) atoms. The molecule has 0 atom stereocenters. The third kappa shape index (κ3) is 3.85. The fraction of sp³-hybridized carbons (Fsp3) is 0.263. The predicted octanol–water partition coefficient (Wildman–Crippen LogP) is 4.30. The SMILES string of the molecule is CCn1c(=NC(=O)c2ccc(S(=O)(=O)C(C)C)cc2)sc2cc(Cl)ccc21. The Kier molecular flexibility index (Phi) is 5.55. The monoisotopic (exact) mass is 422 g/mol. The van der Waals surface area contributed by atoms with Gasteiger partial charge in [-0.1, -0.05) is 22.9 Å². The van der Waals surface area contributed by atoms with Crippen LogP contribution in [-0.4, -0.2) is 24.1 Å². The highest BCUT2D eigenvalue weighted by atomic mass is 35.5. The lowest BCUT2D eigenvalue weighted by Gasteiger charge is -2.07. The van der Waals surface area contributed by atoms with Gasteiger partial charge in [0.05, 0.1) is 20.4 Å². The van der Waals surface area contributed by atoms with Crippen LogP contribution in [-0.2, 0) is 16.4 Å². The van der Waals surface area contributed by atoms with E-state index in [2.05, 4.69) is 4.99 Å². The summed E-state index contributed by atoms with van der Waals surface area (Å²) >= 11 is 7.44. The van der Waals surface area contributed by atoms with Crippen LogP contribution in [0.1, 0.15) is 31.1 Å². The third-order valence-corrected chi connectivity index (χ3v) is 7.66. The number of fused-ring (bicyclic) bond motifs is 1. The first-order valence-electron chi connectivity index (χ1n) is 8.46. The number of carbonyl (C=O) groups excluding carboxylic acids is 1. The Bertz CT molecular complexity index is 1170. The number of hydrogen-bond donors (Lipinski definition) is 0. The molecule has 0 N–H and O–H groups in total. The fourth-order valence-corrected chi connectivity index (χ4v) is 5.08. The second-order valence-corrected chi connectivity index (χ2v) is 10.2. The lowest BCUT2D eigenvalue weighted by Crippen LogP contribution is -2.16. The minimum Gasteiger partial charge on any atom is -0.317 e. The molecule has 142 valence electrons. The van der Waals surface area contributed by atoms with Crippen LogP contribution >= 0.6 is 22.9 Å². The molecule has 0 unspecified atom stereocenters. The highest BCUT2D eigenvalue weighted by Crippen LogP contribution is 2.22. The summed E-state index contributed by atoms with van der Waals surface area (Å²) in [7, 11) is -3.37. The van der Waals surface area contributed by atoms with Crippen molar-refractivity contribution >= 4 is 48.9 Å². The summed E-state index contributed by atoms with van der Waals surface area (Å²) in [5.74, 6) is -0.414. The van der Waals surface area contributed by atoms with Gasteiger partial charge in [0.15, 0.2) is 14.6 Å². The second kappa shape index (κ2) is 7.58. The summed E-state index contributed by atoms with van der Waals surface area (Å²) in [5, 5.41) is 0.115. The van der Waals surface area contributed by atoms with E-state index < -0.39 is 21.0 Å². The van der Waals surface area contributed by atoms with Gasteiger partial charge in [-0.2, -0.15) is 4.99 Å². The summed E-state index contributed by atoms with van der Waals surface area (Å²) in [6, 6.07) is 11.5. The first kappa shape index (κ1) is 19.8. The number of nitrogens with zero attached hydrogens (tertiary/aromatic N) is 2. The number of hydrogen-bond acceptors (Lipinski definition) is 4. The van der Waals surface area contributed by atoms with Crippen molar-refractivity contribution in [3.8, 4) is 0 Å². The molecule has 0 bridgehead atoms. The van der Waals surface area contributed by atoms with Gasteiger partial charge in [-0.25, -0.2) is 8.42 Å². The standard InChI is InChI=1S/C19H19ClN2O3S2/c1-4-22-16-10-7-14(20)11-17(16)26-19(22)21-18(23)13-5-8-15(9-6-13)27(24,25)12(2)3/h5-12H,4H2,1-3H3. The number of carbonyl (C=O) groups is 1. The van der Waals surface area contributed by atoms with E-state index in [0.29, 0.717) is 21.9 Å². The van der Waals surface area contributed by atoms with Gasteiger partial charge >= 0.3 is 0 Å². The summed E-state index contributed by atoms with van der Waals surface area (Å²) in [5.41, 5.74) is 1.31. The smallest absolute Gasteiger partial charge is 0.279 e. The van der Waals surface area contributed by atoms with E-state index in [-0.39, 0.29) is 4.90 Å². The van der Waals surface area contributed by atoms with Gasteiger partial charge in [-0.05, 0) is 63.2 Å². The van der Waals surface area contributed by atoms with Gasteiger partial charge in [0.1, 0.15) is 0 Å². The molecular formula is C19H19ClN2O3S2. The first-order valence-corrected chi connectivity index (χ1v) is 11.2. The maximum Gasteiger partial charge on any atom is 0.279 e. The van der Waals surface area contributed by atoms with Gasteiger partial charge in [-0.15, -0.1) is 0 Å². The minimum atomic E-state index is -3.37. The normalized spacial score (nSPS) is 12.9. The summed E-state index contributed by atoms with van der Waals surface area (Å²) in [6.07, 6.45) is 0. The molecule has 0 radical (unpaired) electrons. The lowest BCUT2D eigenvalue weighted by molar-refractivity contribution is 0.0997. The van der Waals surface area contributed by atoms with Crippen molar-refractivity contribution in [3.05, 3.63) is 57.9 Å². The Hall–Kier alpha value is -1.96. The van der Waals surface area contributed by atoms with Crippen LogP contribution in [0.2, 0.25) is 5.02 Å². The van der Waals surface area contributed by atoms with Crippen LogP contribution in [0.5, 0.6) is 0 Å². The van der Waals surface area contributed by atoms with Gasteiger partial charge in [0.25, 0.3) is 5.91 Å². The Morgan fingerprint density at radius 2 is 1.85 bits per heavy atom. The molecule has 3 aromatic rings. The van der Waals surface area contributed by atoms with Crippen LogP contribution in [0.15, 0.2) is 52.4 Å². The average Bonchev–Trinajstić information content (AvgIpc) is 2.97. The van der Waals surface area contributed by atoms with E-state index in [9.17, 15) is 13.2 Å². The van der Waals surface area contributed by atoms with Gasteiger partial charge < -0.3 is 4.57 Å². The summed E-state index contributed by atoms with van der Waals surface area (Å²) < 4.78 is 27.3. The molecule has 2 aromatic carbocycles. The molecule has 1 heterocycles. The second-order valence-electron chi connectivity index (χ2n) is 6.28. The van der Waals surface area contributed by atoms with Gasteiger partial charge in [0.2, 0.25) is 0 Å². The first-order chi connectivity index (χ1) is 12.7. The predicted molar refractivity (Wildman–Crippen MR) is 109 cm³/mol. The quantitative estimate of drug-likeness (QED) is 0.629. The fourth-order valence-electron chi connectivity index (χ4n) is 2.65. The molecule has 0 aliphatic heterocycles. The van der Waals surface area contributed by atoms with Gasteiger partial charge in [0, 0.05) is 17.1 Å². The topological polar surface area (TPSA) is 68.5 Å². The van der Waals surface area contributed by atoms with Crippen molar-refractivity contribution in [2.24, 2.45) is 4.99 Å². The van der Waals surface area contributed by atoms with Crippen LogP contribution in [0.3, 0.4) is 0 Å². The molecule has 1 amide bonds. The van der Waals surface area contributed by atoms with Gasteiger partial charge in [-0.3, -0.25) is 4.79 Å². The maximum absolute atomic E-state index is 12.6. The number of amides is 1. The van der Waals surface area contributed by atoms with Crippen molar-refractivity contribution in [2.45, 2.75) is 37.5 Å². The Morgan fingerprint density at radius 3 is 2.44 bits per heavy atom. The zero-order chi connectivity index (χ0) is 19.8. The number of sulfone groups is 1. The van der Waals surface area contributed by atoms with E-state index in [0.717, 1.165) is 10.2 Å². The van der Waals surface area contributed by atoms with E-state index in [1.165, 1.54) is 35.6 Å². The zero-order valence-electron chi connectivity index (χ0n) is 15.1. The van der Waals surface area contributed by atoms with Crippen LogP contribution < -0.4 is 4.80 Å². The van der Waals surface area contributed by atoms with Crippen molar-refractivity contribution in [3.63, 3.8) is 0 Å². The molecule has 0 aliphatic rings. The number of rotatable bonds is 4. The Morgan fingerprint density at radius 1 is 1.19 bits per heavy atom. The highest BCUT2D eigenvalue weighted by Gasteiger charge is 2.19. The Balaban J connectivity index is 2.01. The van der Waals surface area contributed by atoms with Crippen molar-refractivity contribution in [1.29, 1.82) is 0 Å². The van der Waals surface area contributed by atoms with Crippen LogP contribution in [0.25, 0.3) is 10.2 Å². The van der Waals surface area contributed by atoms with E-state index in [1.54, 1.807) is 13.8 Å². The third-order valence-electron chi connectivity index (χ3n) is 4.21. The van der Waals surface area contributed by atoms with Crippen molar-refractivity contribution in [2.75, 3.05) is 0 Å². The summed E-state index contributed by atoms with van der Waals surface area (Å²) in [4.78, 5) is 17.6. The van der Waals surface area contributed by atoms with E-state index in [1.807, 2.05) is 29.7 Å². The number of thiazole rings is 1. The number of halogens is 1. The van der Waals surface area contributed by atoms with Crippen molar-refractivity contribution in [1.82, 2.24) is 4.57 Å². The molecule has 0 fully saturated rings. The Labute approximate surface area is 166 Å². The number of aromatic nitrogens is 1. The zero-order valence-corrected chi connectivity index (χ0v) is 17.5. The number of aryl methyl sites for hydroxylation is 1. The van der Waals surface area contributed by atoms with Crippen LogP contribution in [0, 0.1) is 0 Å².